The van der Waals surface area contributed by atoms with Crippen molar-refractivity contribution in [3.05, 3.63) is 23.9 Å². The Bertz CT molecular complexity index is 640. The van der Waals surface area contributed by atoms with E-state index in [1.54, 1.807) is 23.2 Å². The van der Waals surface area contributed by atoms with Gasteiger partial charge in [0, 0.05) is 44.0 Å². The average Bonchev–Trinajstić information content (AvgIpc) is 3.21. The molecule has 8 heteroatoms. The Labute approximate surface area is 159 Å². The van der Waals surface area contributed by atoms with Gasteiger partial charge in [-0.1, -0.05) is 0 Å². The van der Waals surface area contributed by atoms with Crippen molar-refractivity contribution in [3.8, 4) is 0 Å². The second-order valence-electron chi connectivity index (χ2n) is 6.88. The lowest BCUT2D eigenvalue weighted by Crippen LogP contribution is -2.42. The molecule has 2 aliphatic heterocycles. The van der Waals surface area contributed by atoms with E-state index in [1.807, 2.05) is 6.92 Å². The summed E-state index contributed by atoms with van der Waals surface area (Å²) < 4.78 is 10.6. The number of amides is 2. The number of hydrogen-bond acceptors (Lipinski definition) is 6. The van der Waals surface area contributed by atoms with Gasteiger partial charge in [-0.2, -0.15) is 0 Å². The van der Waals surface area contributed by atoms with Crippen LogP contribution in [0.15, 0.2) is 18.3 Å². The van der Waals surface area contributed by atoms with E-state index in [9.17, 15) is 9.59 Å². The van der Waals surface area contributed by atoms with Crippen molar-refractivity contribution in [2.45, 2.75) is 44.8 Å². The van der Waals surface area contributed by atoms with Gasteiger partial charge in [0.15, 0.2) is 0 Å². The molecule has 1 aromatic heterocycles. The number of aromatic nitrogens is 1. The van der Waals surface area contributed by atoms with Crippen LogP contribution in [0.2, 0.25) is 0 Å². The van der Waals surface area contributed by atoms with Gasteiger partial charge in [0.1, 0.15) is 5.82 Å². The Kier molecular flexibility index (Phi) is 6.86. The Balaban J connectivity index is 1.47. The summed E-state index contributed by atoms with van der Waals surface area (Å²) in [5.74, 6) is 0.558. The molecule has 2 N–H and O–H groups in total. The molecule has 0 aromatic carbocycles. The Morgan fingerprint density at radius 2 is 2.15 bits per heavy atom. The van der Waals surface area contributed by atoms with Crippen molar-refractivity contribution in [2.75, 3.05) is 38.2 Å². The third kappa shape index (κ3) is 5.56. The SMILES string of the molecule is CCOC(=O)N1CCC(Nc2cc(C(=O)NCC3CCCO3)ccn2)CC1. The largest absolute Gasteiger partial charge is 0.450 e. The van der Waals surface area contributed by atoms with Crippen molar-refractivity contribution in [2.24, 2.45) is 0 Å². The number of rotatable bonds is 6. The summed E-state index contributed by atoms with van der Waals surface area (Å²) in [5, 5.41) is 6.29. The highest BCUT2D eigenvalue weighted by Crippen LogP contribution is 2.17. The lowest BCUT2D eigenvalue weighted by molar-refractivity contribution is 0.0857. The number of pyridine rings is 1. The molecule has 27 heavy (non-hydrogen) atoms. The summed E-state index contributed by atoms with van der Waals surface area (Å²) in [5.41, 5.74) is 0.578. The number of likely N-dealkylation sites (tertiary alicyclic amines) is 1. The van der Waals surface area contributed by atoms with E-state index in [2.05, 4.69) is 15.6 Å². The maximum atomic E-state index is 12.3. The fourth-order valence-electron chi connectivity index (χ4n) is 3.39. The van der Waals surface area contributed by atoms with E-state index in [0.717, 1.165) is 32.3 Å². The number of ether oxygens (including phenoxy) is 2. The number of carbonyl (C=O) groups excluding carboxylic acids is 2. The molecule has 0 aliphatic carbocycles. The number of nitrogens with zero attached hydrogens (tertiary/aromatic N) is 2. The van der Waals surface area contributed by atoms with Crippen molar-refractivity contribution in [1.82, 2.24) is 15.2 Å². The van der Waals surface area contributed by atoms with E-state index in [-0.39, 0.29) is 24.1 Å². The molecule has 0 saturated carbocycles. The fraction of sp³-hybridized carbons (Fsp3) is 0.632. The van der Waals surface area contributed by atoms with Crippen LogP contribution < -0.4 is 10.6 Å². The van der Waals surface area contributed by atoms with E-state index < -0.39 is 0 Å². The van der Waals surface area contributed by atoms with Gasteiger partial charge in [-0.3, -0.25) is 4.79 Å². The second-order valence-corrected chi connectivity index (χ2v) is 6.88. The van der Waals surface area contributed by atoms with Gasteiger partial charge >= 0.3 is 6.09 Å². The molecular formula is C19H28N4O4. The first-order chi connectivity index (χ1) is 13.2. The highest BCUT2D eigenvalue weighted by atomic mass is 16.6. The van der Waals surface area contributed by atoms with Crippen molar-refractivity contribution < 1.29 is 19.1 Å². The molecule has 2 amide bonds. The number of hydrogen-bond donors (Lipinski definition) is 2. The maximum Gasteiger partial charge on any atom is 0.409 e. The predicted molar refractivity (Wildman–Crippen MR) is 101 cm³/mol. The molecule has 2 fully saturated rings. The number of carbonyl (C=O) groups is 2. The zero-order chi connectivity index (χ0) is 19.1. The number of anilines is 1. The minimum Gasteiger partial charge on any atom is -0.450 e. The number of piperidine rings is 1. The predicted octanol–water partition coefficient (Wildman–Crippen LogP) is 2.02. The molecule has 2 saturated heterocycles. The second kappa shape index (κ2) is 9.55. The summed E-state index contributed by atoms with van der Waals surface area (Å²) in [7, 11) is 0. The van der Waals surface area contributed by atoms with Crippen molar-refractivity contribution in [1.29, 1.82) is 0 Å². The minimum atomic E-state index is -0.251. The summed E-state index contributed by atoms with van der Waals surface area (Å²) in [6.07, 6.45) is 5.19. The molecule has 8 nitrogen and oxygen atoms in total. The van der Waals surface area contributed by atoms with Gasteiger partial charge in [-0.25, -0.2) is 9.78 Å². The van der Waals surface area contributed by atoms with Crippen molar-refractivity contribution in [3.63, 3.8) is 0 Å². The first-order valence-corrected chi connectivity index (χ1v) is 9.69. The average molecular weight is 376 g/mol. The maximum absolute atomic E-state index is 12.3. The van der Waals surface area contributed by atoms with Crippen LogP contribution in [0.25, 0.3) is 0 Å². The van der Waals surface area contributed by atoms with Gasteiger partial charge in [-0.15, -0.1) is 0 Å². The standard InChI is InChI=1S/C19H28N4O4/c1-2-26-19(25)23-9-6-15(7-10-23)22-17-12-14(5-8-20-17)18(24)21-13-16-4-3-11-27-16/h5,8,12,15-16H,2-4,6-7,9-11,13H2,1H3,(H,20,22)(H,21,24). The summed E-state index contributed by atoms with van der Waals surface area (Å²) in [6, 6.07) is 3.69. The van der Waals surface area contributed by atoms with Gasteiger partial charge in [0.05, 0.1) is 12.7 Å². The molecule has 0 radical (unpaired) electrons. The van der Waals surface area contributed by atoms with E-state index >= 15 is 0 Å². The Morgan fingerprint density at radius 1 is 1.33 bits per heavy atom. The van der Waals surface area contributed by atoms with Crippen LogP contribution in [0, 0.1) is 0 Å². The molecule has 0 bridgehead atoms. The molecule has 1 unspecified atom stereocenters. The Morgan fingerprint density at radius 3 is 2.85 bits per heavy atom. The van der Waals surface area contributed by atoms with Crippen LogP contribution in [0.3, 0.4) is 0 Å². The van der Waals surface area contributed by atoms with E-state index in [4.69, 9.17) is 9.47 Å². The zero-order valence-corrected chi connectivity index (χ0v) is 15.8. The highest BCUT2D eigenvalue weighted by molar-refractivity contribution is 5.94. The minimum absolute atomic E-state index is 0.118. The molecule has 2 aliphatic rings. The molecular weight excluding hydrogens is 348 g/mol. The van der Waals surface area contributed by atoms with Gasteiger partial charge in [-0.05, 0) is 44.7 Å². The highest BCUT2D eigenvalue weighted by Gasteiger charge is 2.24. The lowest BCUT2D eigenvalue weighted by atomic mass is 10.1. The van der Waals surface area contributed by atoms with Crippen molar-refractivity contribution >= 4 is 17.8 Å². The summed E-state index contributed by atoms with van der Waals surface area (Å²) >= 11 is 0. The summed E-state index contributed by atoms with van der Waals surface area (Å²) in [6.45, 7) is 4.82. The first kappa shape index (κ1) is 19.4. The molecule has 3 heterocycles. The molecule has 0 spiro atoms. The van der Waals surface area contributed by atoms with Crippen LogP contribution in [-0.2, 0) is 9.47 Å². The van der Waals surface area contributed by atoms with Gasteiger partial charge in [0.2, 0.25) is 0 Å². The van der Waals surface area contributed by atoms with Gasteiger partial charge < -0.3 is 25.0 Å². The van der Waals surface area contributed by atoms with E-state index in [1.165, 1.54) is 0 Å². The third-order valence-electron chi connectivity index (χ3n) is 4.91. The van der Waals surface area contributed by atoms with Crippen LogP contribution in [0.4, 0.5) is 10.6 Å². The lowest BCUT2D eigenvalue weighted by Gasteiger charge is -2.31. The van der Waals surface area contributed by atoms with Crippen LogP contribution in [-0.4, -0.2) is 66.9 Å². The normalized spacial score (nSPS) is 20.3. The fourth-order valence-corrected chi connectivity index (χ4v) is 3.39. The third-order valence-corrected chi connectivity index (χ3v) is 4.91. The smallest absolute Gasteiger partial charge is 0.409 e. The first-order valence-electron chi connectivity index (χ1n) is 9.69. The molecule has 148 valence electrons. The van der Waals surface area contributed by atoms with Crippen LogP contribution in [0.1, 0.15) is 43.0 Å². The summed E-state index contributed by atoms with van der Waals surface area (Å²) in [4.78, 5) is 30.1. The molecule has 1 aromatic rings. The van der Waals surface area contributed by atoms with Crippen LogP contribution >= 0.6 is 0 Å². The van der Waals surface area contributed by atoms with E-state index in [0.29, 0.717) is 37.6 Å². The topological polar surface area (TPSA) is 92.8 Å². The van der Waals surface area contributed by atoms with Gasteiger partial charge in [0.25, 0.3) is 5.91 Å². The number of nitrogens with one attached hydrogen (secondary N) is 2. The Hall–Kier alpha value is -2.35. The quantitative estimate of drug-likeness (QED) is 0.789. The molecule has 1 atom stereocenters. The van der Waals surface area contributed by atoms with Crippen LogP contribution in [0.5, 0.6) is 0 Å². The molecule has 3 rings (SSSR count). The zero-order valence-electron chi connectivity index (χ0n) is 15.8. The monoisotopic (exact) mass is 376 g/mol.